The van der Waals surface area contributed by atoms with E-state index in [4.69, 9.17) is 0 Å². The van der Waals surface area contributed by atoms with Gasteiger partial charge in [0.05, 0.1) is 0 Å². The summed E-state index contributed by atoms with van der Waals surface area (Å²) < 4.78 is 0. The van der Waals surface area contributed by atoms with Gasteiger partial charge in [0.2, 0.25) is 5.91 Å². The maximum Gasteiger partial charge on any atom is 3.00 e. The number of aromatic nitrogens is 1. The molecule has 1 heterocycles. The van der Waals surface area contributed by atoms with E-state index in [2.05, 4.69) is 16.4 Å². The van der Waals surface area contributed by atoms with E-state index in [1.807, 2.05) is 27.7 Å². The fourth-order valence-electron chi connectivity index (χ4n) is 1.38. The number of amides is 1. The van der Waals surface area contributed by atoms with Gasteiger partial charge in [-0.2, -0.15) is 6.07 Å². The molecule has 0 unspecified atom stereocenters. The predicted molar refractivity (Wildman–Crippen MR) is 59.9 cm³/mol. The van der Waals surface area contributed by atoms with E-state index in [9.17, 15) is 4.79 Å². The van der Waals surface area contributed by atoms with Crippen LogP contribution in [0.15, 0.2) is 0 Å². The number of aryl methyl sites for hydroxylation is 3. The Morgan fingerprint density at radius 3 is 2.50 bits per heavy atom. The van der Waals surface area contributed by atoms with Gasteiger partial charge in [0.1, 0.15) is 0 Å². The molecule has 3 nitrogen and oxygen atoms in total. The summed E-state index contributed by atoms with van der Waals surface area (Å²) in [7, 11) is 0. The van der Waals surface area contributed by atoms with Crippen molar-refractivity contribution in [3.8, 4) is 0 Å². The summed E-state index contributed by atoms with van der Waals surface area (Å²) >= 11 is 0. The zero-order valence-corrected chi connectivity index (χ0v) is 13.2. The minimum Gasteiger partial charge on any atom is -0.374 e. The maximum atomic E-state index is 11.7. The van der Waals surface area contributed by atoms with E-state index in [0.29, 0.717) is 12.2 Å². The molecule has 1 aromatic heterocycles. The third-order valence-electron chi connectivity index (χ3n) is 2.35. The molecule has 0 aliphatic carbocycles. The molecule has 0 fully saturated rings. The van der Waals surface area contributed by atoms with Gasteiger partial charge in [0.25, 0.3) is 0 Å². The van der Waals surface area contributed by atoms with Crippen LogP contribution in [0.2, 0.25) is 0 Å². The Labute approximate surface area is 122 Å². The van der Waals surface area contributed by atoms with Crippen LogP contribution in [0.3, 0.4) is 0 Å². The van der Waals surface area contributed by atoms with Crippen LogP contribution < -0.4 is 5.32 Å². The van der Waals surface area contributed by atoms with Crippen molar-refractivity contribution in [1.82, 2.24) is 10.3 Å². The van der Waals surface area contributed by atoms with Crippen molar-refractivity contribution in [3.63, 3.8) is 0 Å². The van der Waals surface area contributed by atoms with Crippen LogP contribution in [0, 0.1) is 19.9 Å². The Balaban J connectivity index is 0.00000225. The third kappa shape index (κ3) is 3.63. The smallest absolute Gasteiger partial charge is 0.374 e. The largest absolute Gasteiger partial charge is 3.00 e. The summed E-state index contributed by atoms with van der Waals surface area (Å²) in [5, 5.41) is 2.76. The minimum absolute atomic E-state index is 0. The molecule has 1 N–H and O–H groups in total. The molecule has 0 saturated heterocycles. The van der Waals surface area contributed by atoms with Crippen molar-refractivity contribution in [2.45, 2.75) is 34.1 Å². The number of pyridine rings is 1. The molecule has 16 heavy (non-hydrogen) atoms. The number of hydrogen-bond donors (Lipinski definition) is 1. The van der Waals surface area contributed by atoms with Gasteiger partial charge in [-0.05, 0) is 6.92 Å². The number of carbonyl (C=O) groups is 1. The van der Waals surface area contributed by atoms with Crippen molar-refractivity contribution in [1.29, 1.82) is 0 Å². The topological polar surface area (TPSA) is 42.0 Å². The maximum absolute atomic E-state index is 11.7. The summed E-state index contributed by atoms with van der Waals surface area (Å²) in [4.78, 5) is 16.0. The molecule has 0 aliphatic rings. The van der Waals surface area contributed by atoms with Gasteiger partial charge in [-0.15, -0.1) is 11.1 Å². The summed E-state index contributed by atoms with van der Waals surface area (Å²) in [6.45, 7) is 8.38. The molecule has 0 radical (unpaired) electrons. The molecular formula is C12H17N2OY+2. The van der Waals surface area contributed by atoms with Crippen LogP contribution >= 0.6 is 0 Å². The van der Waals surface area contributed by atoms with E-state index in [0.717, 1.165) is 23.2 Å². The molecule has 0 atom stereocenters. The average Bonchev–Trinajstić information content (AvgIpc) is 2.21. The van der Waals surface area contributed by atoms with Crippen molar-refractivity contribution < 1.29 is 37.5 Å². The van der Waals surface area contributed by atoms with E-state index in [-0.39, 0.29) is 38.6 Å². The van der Waals surface area contributed by atoms with Crippen LogP contribution in [-0.4, -0.2) is 17.4 Å². The monoisotopic (exact) mass is 294 g/mol. The number of carbonyl (C=O) groups excluding carboxylic acids is 1. The van der Waals surface area contributed by atoms with E-state index in [1.165, 1.54) is 0 Å². The zero-order chi connectivity index (χ0) is 11.4. The van der Waals surface area contributed by atoms with Crippen LogP contribution in [0.5, 0.6) is 0 Å². The molecule has 0 aliphatic heterocycles. The number of nitrogens with zero attached hydrogens (tertiary/aromatic N) is 1. The summed E-state index contributed by atoms with van der Waals surface area (Å²) in [5.74, 6) is -0.103. The molecule has 1 aromatic rings. The van der Waals surface area contributed by atoms with Crippen molar-refractivity contribution >= 4 is 5.91 Å². The van der Waals surface area contributed by atoms with Crippen molar-refractivity contribution in [2.75, 3.05) is 6.54 Å². The molecule has 1 amide bonds. The fourth-order valence-corrected chi connectivity index (χ4v) is 1.38. The van der Waals surface area contributed by atoms with Gasteiger partial charge in [-0.1, -0.05) is 32.9 Å². The first-order chi connectivity index (χ1) is 7.10. The second-order valence-corrected chi connectivity index (χ2v) is 3.49. The van der Waals surface area contributed by atoms with Crippen LogP contribution in [-0.2, 0) is 39.1 Å². The molecular weight excluding hydrogens is 277 g/mol. The Kier molecular flexibility index (Phi) is 7.01. The summed E-state index contributed by atoms with van der Waals surface area (Å²) in [6.07, 6.45) is 0.778. The normalized spacial score (nSPS) is 9.50. The first-order valence-electron chi connectivity index (χ1n) is 5.27. The number of rotatable bonds is 3. The molecule has 0 saturated carbocycles. The van der Waals surface area contributed by atoms with Gasteiger partial charge in [-0.3, -0.25) is 4.79 Å². The first kappa shape index (κ1) is 15.7. The third-order valence-corrected chi connectivity index (χ3v) is 2.35. The second kappa shape index (κ2) is 7.13. The Morgan fingerprint density at radius 2 is 2.00 bits per heavy atom. The molecule has 82 valence electrons. The van der Waals surface area contributed by atoms with Gasteiger partial charge in [0, 0.05) is 12.2 Å². The second-order valence-electron chi connectivity index (χ2n) is 3.49. The van der Waals surface area contributed by atoms with Crippen molar-refractivity contribution in [3.05, 3.63) is 28.6 Å². The Morgan fingerprint density at radius 1 is 1.38 bits per heavy atom. The van der Waals surface area contributed by atoms with Gasteiger partial charge < -0.3 is 10.3 Å². The minimum atomic E-state index is -0.103. The summed E-state index contributed by atoms with van der Waals surface area (Å²) in [5.41, 5.74) is 3.29. The first-order valence-corrected chi connectivity index (χ1v) is 5.27. The number of hydrogen-bond acceptors (Lipinski definition) is 2. The van der Waals surface area contributed by atoms with E-state index in [1.54, 1.807) is 0 Å². The van der Waals surface area contributed by atoms with Gasteiger partial charge in [0.15, 0.2) is 0 Å². The molecule has 0 spiro atoms. The summed E-state index contributed by atoms with van der Waals surface area (Å²) in [6, 6.07) is 3.21. The average molecular weight is 294 g/mol. The van der Waals surface area contributed by atoms with Crippen LogP contribution in [0.25, 0.3) is 0 Å². The number of nitrogens with one attached hydrogen (secondary N) is 1. The van der Waals surface area contributed by atoms with Crippen LogP contribution in [0.4, 0.5) is 0 Å². The standard InChI is InChI=1S/C12H17N2O.Y/c1-5-10-7-8(3)9(4)14-11(10)12(15)13-6-2;/h5-6H2,1-4H3,(H,13,15);/q-1;+3. The van der Waals surface area contributed by atoms with Crippen molar-refractivity contribution in [2.24, 2.45) is 0 Å². The molecule has 0 aromatic carbocycles. The van der Waals surface area contributed by atoms with E-state index < -0.39 is 0 Å². The van der Waals surface area contributed by atoms with Gasteiger partial charge >= 0.3 is 32.7 Å². The fraction of sp³-hybridized carbons (Fsp3) is 0.500. The van der Waals surface area contributed by atoms with Crippen LogP contribution in [0.1, 0.15) is 41.2 Å². The predicted octanol–water partition coefficient (Wildman–Crippen LogP) is 1.81. The van der Waals surface area contributed by atoms with E-state index >= 15 is 0 Å². The van der Waals surface area contributed by atoms with Gasteiger partial charge in [-0.25, -0.2) is 0 Å². The SMILES string of the molecule is CCNC(=O)c1nc(C)c(C)[c-]c1CC.[Y+3]. The Hall–Kier alpha value is -0.276. The Bertz CT molecular complexity index is 378. The molecule has 4 heteroatoms. The molecule has 1 rings (SSSR count). The quantitative estimate of drug-likeness (QED) is 0.864. The zero-order valence-electron chi connectivity index (χ0n) is 10.3. The molecule has 0 bridgehead atoms.